The molecule has 2 aliphatic heterocycles. The monoisotopic (exact) mass is 412 g/mol. The molecule has 3 heterocycles. The van der Waals surface area contributed by atoms with E-state index in [1.54, 1.807) is 6.08 Å². The molecule has 6 nitrogen and oxygen atoms in total. The van der Waals surface area contributed by atoms with E-state index in [9.17, 15) is 4.79 Å². The summed E-state index contributed by atoms with van der Waals surface area (Å²) in [6, 6.07) is 2.35. The number of piperazine rings is 1. The molecule has 1 aromatic rings. The number of carbonyl (C=O) groups is 1. The lowest BCUT2D eigenvalue weighted by atomic mass is 9.84. The zero-order valence-electron chi connectivity index (χ0n) is 18.5. The van der Waals surface area contributed by atoms with E-state index in [2.05, 4.69) is 20.1 Å². The van der Waals surface area contributed by atoms with Crippen molar-refractivity contribution in [1.82, 2.24) is 15.2 Å². The first kappa shape index (κ1) is 21.2. The number of nitrogens with one attached hydrogen (secondary N) is 1. The first-order chi connectivity index (χ1) is 14.6. The Morgan fingerprint density at radius 2 is 1.97 bits per heavy atom. The molecule has 1 aromatic heterocycles. The van der Waals surface area contributed by atoms with Crippen molar-refractivity contribution in [2.45, 2.75) is 58.4 Å². The number of hydrogen-bond acceptors (Lipinski definition) is 5. The van der Waals surface area contributed by atoms with Crippen LogP contribution in [0.3, 0.4) is 0 Å². The van der Waals surface area contributed by atoms with E-state index >= 15 is 0 Å². The van der Waals surface area contributed by atoms with Gasteiger partial charge in [0, 0.05) is 56.5 Å². The summed E-state index contributed by atoms with van der Waals surface area (Å²) in [5, 5.41) is 3.17. The molecule has 0 atom stereocenters. The molecule has 1 saturated heterocycles. The average molecular weight is 413 g/mol. The van der Waals surface area contributed by atoms with Gasteiger partial charge in [-0.25, -0.2) is 4.98 Å². The molecular formula is C24H36N4O2. The largest absolute Gasteiger partial charge is 0.493 e. The minimum absolute atomic E-state index is 0.0708. The molecule has 0 unspecified atom stereocenters. The van der Waals surface area contributed by atoms with Gasteiger partial charge in [-0.15, -0.1) is 0 Å². The number of rotatable bonds is 6. The van der Waals surface area contributed by atoms with Crippen molar-refractivity contribution < 1.29 is 9.53 Å². The van der Waals surface area contributed by atoms with Crippen LogP contribution in [0.25, 0.3) is 0 Å². The first-order valence-electron chi connectivity index (χ1n) is 11.6. The second-order valence-electron chi connectivity index (χ2n) is 9.27. The third-order valence-corrected chi connectivity index (χ3v) is 6.74. The number of allylic oxidation sites excluding steroid dienone is 1. The average Bonchev–Trinajstić information content (AvgIpc) is 3.22. The summed E-state index contributed by atoms with van der Waals surface area (Å²) in [6.07, 6.45) is 10.6. The number of hydrogen-bond donors (Lipinski definition) is 1. The summed E-state index contributed by atoms with van der Waals surface area (Å²) in [5.41, 5.74) is 2.35. The Kier molecular flexibility index (Phi) is 6.93. The molecule has 2 fully saturated rings. The lowest BCUT2D eigenvalue weighted by Crippen LogP contribution is -2.47. The minimum Gasteiger partial charge on any atom is -0.493 e. The fourth-order valence-electron chi connectivity index (χ4n) is 5.02. The van der Waals surface area contributed by atoms with Crippen molar-refractivity contribution in [1.29, 1.82) is 0 Å². The summed E-state index contributed by atoms with van der Waals surface area (Å²) >= 11 is 0. The van der Waals surface area contributed by atoms with Crippen LogP contribution in [0.5, 0.6) is 5.75 Å². The zero-order valence-corrected chi connectivity index (χ0v) is 18.5. The minimum atomic E-state index is 0.0708. The molecule has 0 bridgehead atoms. The molecule has 30 heavy (non-hydrogen) atoms. The van der Waals surface area contributed by atoms with Gasteiger partial charge in [-0.3, -0.25) is 9.69 Å². The first-order valence-corrected chi connectivity index (χ1v) is 11.6. The number of aromatic nitrogens is 1. The van der Waals surface area contributed by atoms with Gasteiger partial charge >= 0.3 is 0 Å². The molecule has 1 N–H and O–H groups in total. The second-order valence-corrected chi connectivity index (χ2v) is 9.27. The van der Waals surface area contributed by atoms with Crippen molar-refractivity contribution >= 4 is 11.7 Å². The highest BCUT2D eigenvalue weighted by atomic mass is 16.5. The number of ether oxygens (including phenoxy) is 1. The van der Waals surface area contributed by atoms with Crippen LogP contribution in [-0.2, 0) is 11.2 Å². The predicted octanol–water partition coefficient (Wildman–Crippen LogP) is 3.17. The maximum Gasteiger partial charge on any atom is 0.244 e. The normalized spacial score (nSPS) is 24.1. The van der Waals surface area contributed by atoms with Gasteiger partial charge < -0.3 is 15.0 Å². The SMILES string of the molecule is CC(C)=CC(=O)N[C@H]1CC[C@H](CCN2CCN(c3nccc4c3CCO4)CC2)CC1. The molecule has 0 radical (unpaired) electrons. The molecule has 4 rings (SSSR count). The van der Waals surface area contributed by atoms with Crippen LogP contribution in [0.2, 0.25) is 0 Å². The van der Waals surface area contributed by atoms with Gasteiger partial charge in [-0.05, 0) is 64.5 Å². The quantitative estimate of drug-likeness (QED) is 0.728. The summed E-state index contributed by atoms with van der Waals surface area (Å²) in [7, 11) is 0. The Bertz CT molecular complexity index is 758. The maximum absolute atomic E-state index is 11.9. The standard InChI is InChI=1S/C24H36N4O2/c1-18(2)17-23(29)26-20-5-3-19(4-6-20)8-11-27-12-14-28(15-13-27)24-21-9-16-30-22(21)7-10-25-24/h7,10,17,19-20H,3-6,8-9,11-16H2,1-2H3,(H,26,29)/t19-,20-. The Morgan fingerprint density at radius 1 is 1.20 bits per heavy atom. The van der Waals surface area contributed by atoms with E-state index in [1.807, 2.05) is 26.1 Å². The van der Waals surface area contributed by atoms with Gasteiger partial charge in [-0.1, -0.05) is 5.57 Å². The molecule has 0 aromatic carbocycles. The fraction of sp³-hybridized carbons (Fsp3) is 0.667. The lowest BCUT2D eigenvalue weighted by molar-refractivity contribution is -0.117. The van der Waals surface area contributed by atoms with Crippen LogP contribution in [0.15, 0.2) is 23.9 Å². The predicted molar refractivity (Wildman–Crippen MR) is 120 cm³/mol. The highest BCUT2D eigenvalue weighted by Crippen LogP contribution is 2.32. The number of anilines is 1. The van der Waals surface area contributed by atoms with Gasteiger partial charge in [0.1, 0.15) is 11.6 Å². The van der Waals surface area contributed by atoms with Gasteiger partial charge in [0.05, 0.1) is 6.61 Å². The molecule has 6 heteroatoms. The zero-order chi connectivity index (χ0) is 20.9. The van der Waals surface area contributed by atoms with Crippen LogP contribution >= 0.6 is 0 Å². The molecule has 1 saturated carbocycles. The second kappa shape index (κ2) is 9.82. The van der Waals surface area contributed by atoms with Gasteiger partial charge in [-0.2, -0.15) is 0 Å². The maximum atomic E-state index is 11.9. The van der Waals surface area contributed by atoms with Gasteiger partial charge in [0.25, 0.3) is 0 Å². The van der Waals surface area contributed by atoms with Crippen molar-refractivity contribution in [3.63, 3.8) is 0 Å². The Labute approximate surface area is 180 Å². The van der Waals surface area contributed by atoms with Gasteiger partial charge in [0.2, 0.25) is 5.91 Å². The van der Waals surface area contributed by atoms with Crippen LogP contribution in [0, 0.1) is 5.92 Å². The highest BCUT2D eigenvalue weighted by Gasteiger charge is 2.26. The molecule has 3 aliphatic rings. The molecule has 1 aliphatic carbocycles. The van der Waals surface area contributed by atoms with Crippen LogP contribution < -0.4 is 15.0 Å². The van der Waals surface area contributed by atoms with E-state index < -0.39 is 0 Å². The van der Waals surface area contributed by atoms with Crippen LogP contribution in [-0.4, -0.2) is 61.2 Å². The Hall–Kier alpha value is -2.08. The van der Waals surface area contributed by atoms with E-state index in [0.717, 1.165) is 75.1 Å². The van der Waals surface area contributed by atoms with Gasteiger partial charge in [0.15, 0.2) is 0 Å². The van der Waals surface area contributed by atoms with Crippen molar-refractivity contribution in [3.05, 3.63) is 29.5 Å². The lowest BCUT2D eigenvalue weighted by Gasteiger charge is -2.37. The number of carbonyl (C=O) groups excluding carboxylic acids is 1. The highest BCUT2D eigenvalue weighted by molar-refractivity contribution is 5.88. The van der Waals surface area contributed by atoms with Crippen LogP contribution in [0.4, 0.5) is 5.82 Å². The Balaban J connectivity index is 1.16. The molecule has 1 amide bonds. The fourth-order valence-corrected chi connectivity index (χ4v) is 5.02. The smallest absolute Gasteiger partial charge is 0.244 e. The third kappa shape index (κ3) is 5.34. The molecular weight excluding hydrogens is 376 g/mol. The number of pyridine rings is 1. The van der Waals surface area contributed by atoms with E-state index in [0.29, 0.717) is 6.04 Å². The number of fused-ring (bicyclic) bond motifs is 1. The van der Waals surface area contributed by atoms with Crippen molar-refractivity contribution in [2.24, 2.45) is 5.92 Å². The van der Waals surface area contributed by atoms with E-state index in [-0.39, 0.29) is 5.91 Å². The van der Waals surface area contributed by atoms with E-state index in [4.69, 9.17) is 4.74 Å². The van der Waals surface area contributed by atoms with Crippen molar-refractivity contribution in [3.8, 4) is 5.75 Å². The summed E-state index contributed by atoms with van der Waals surface area (Å²) in [6.45, 7) is 10.2. The topological polar surface area (TPSA) is 57.7 Å². The molecule has 164 valence electrons. The summed E-state index contributed by atoms with van der Waals surface area (Å²) < 4.78 is 5.70. The third-order valence-electron chi connectivity index (χ3n) is 6.74. The Morgan fingerprint density at radius 3 is 2.70 bits per heavy atom. The number of nitrogens with zero attached hydrogens (tertiary/aromatic N) is 3. The number of amides is 1. The summed E-state index contributed by atoms with van der Waals surface area (Å²) in [4.78, 5) is 21.6. The van der Waals surface area contributed by atoms with E-state index in [1.165, 1.54) is 31.4 Å². The van der Waals surface area contributed by atoms with Crippen molar-refractivity contribution in [2.75, 3.05) is 44.2 Å². The molecule has 0 spiro atoms. The summed E-state index contributed by atoms with van der Waals surface area (Å²) in [5.74, 6) is 3.03. The van der Waals surface area contributed by atoms with Crippen LogP contribution in [0.1, 0.15) is 51.5 Å².